The lowest BCUT2D eigenvalue weighted by atomic mass is 10.1. The second-order valence-corrected chi connectivity index (χ2v) is 4.23. The summed E-state index contributed by atoms with van der Waals surface area (Å²) >= 11 is 0. The Labute approximate surface area is 105 Å². The van der Waals surface area contributed by atoms with Crippen molar-refractivity contribution >= 4 is 5.65 Å². The Morgan fingerprint density at radius 1 is 1.22 bits per heavy atom. The number of nitrogens with zero attached hydrogens (tertiary/aromatic N) is 3. The highest BCUT2D eigenvalue weighted by Crippen LogP contribution is 2.24. The Morgan fingerprint density at radius 3 is 2.72 bits per heavy atom. The number of hydrogen-bond acceptors (Lipinski definition) is 3. The number of imidazole rings is 1. The van der Waals surface area contributed by atoms with Gasteiger partial charge in [0.15, 0.2) is 0 Å². The van der Waals surface area contributed by atoms with Crippen molar-refractivity contribution < 1.29 is 5.11 Å². The van der Waals surface area contributed by atoms with Crippen LogP contribution in [0.1, 0.15) is 11.3 Å². The number of pyridine rings is 2. The first-order chi connectivity index (χ1) is 8.79. The smallest absolute Gasteiger partial charge is 0.138 e. The van der Waals surface area contributed by atoms with E-state index in [1.165, 1.54) is 0 Å². The predicted octanol–water partition coefficient (Wildman–Crippen LogP) is 2.20. The molecule has 1 N–H and O–H groups in total. The topological polar surface area (TPSA) is 50.4 Å². The van der Waals surface area contributed by atoms with Gasteiger partial charge in [0, 0.05) is 24.2 Å². The molecule has 18 heavy (non-hydrogen) atoms. The molecule has 0 saturated carbocycles. The molecule has 0 radical (unpaired) electrons. The van der Waals surface area contributed by atoms with Crippen LogP contribution in [0.3, 0.4) is 0 Å². The van der Waals surface area contributed by atoms with E-state index < -0.39 is 0 Å². The van der Waals surface area contributed by atoms with E-state index in [-0.39, 0.29) is 6.61 Å². The van der Waals surface area contributed by atoms with E-state index in [9.17, 15) is 5.11 Å². The van der Waals surface area contributed by atoms with E-state index in [1.807, 2.05) is 41.8 Å². The van der Waals surface area contributed by atoms with Gasteiger partial charge in [0.25, 0.3) is 0 Å². The van der Waals surface area contributed by atoms with Crippen LogP contribution in [0.25, 0.3) is 16.9 Å². The molecule has 3 aromatic heterocycles. The monoisotopic (exact) mass is 239 g/mol. The van der Waals surface area contributed by atoms with Gasteiger partial charge in [-0.05, 0) is 36.8 Å². The standard InChI is InChI=1S/C14H13N3O/c1-10-4-7-17-12(9-18)14(16-13(17)8-10)11-2-5-15-6-3-11/h2-8,18H,9H2,1H3. The molecule has 3 heterocycles. The second-order valence-electron chi connectivity index (χ2n) is 4.23. The van der Waals surface area contributed by atoms with Crippen LogP contribution in [0.15, 0.2) is 42.9 Å². The second kappa shape index (κ2) is 4.23. The molecule has 0 saturated heterocycles. The highest BCUT2D eigenvalue weighted by Gasteiger charge is 2.12. The van der Waals surface area contributed by atoms with Gasteiger partial charge in [-0.15, -0.1) is 0 Å². The molecule has 3 aromatic rings. The Balaban J connectivity index is 2.29. The zero-order valence-electron chi connectivity index (χ0n) is 10.0. The summed E-state index contributed by atoms with van der Waals surface area (Å²) in [5.41, 5.74) is 4.58. The maximum atomic E-state index is 9.56. The van der Waals surface area contributed by atoms with Crippen LogP contribution in [0.2, 0.25) is 0 Å². The van der Waals surface area contributed by atoms with Gasteiger partial charge < -0.3 is 9.51 Å². The first-order valence-electron chi connectivity index (χ1n) is 5.78. The minimum atomic E-state index is -0.0398. The van der Waals surface area contributed by atoms with Crippen molar-refractivity contribution in [1.29, 1.82) is 0 Å². The van der Waals surface area contributed by atoms with Gasteiger partial charge in [-0.3, -0.25) is 4.98 Å². The first-order valence-corrected chi connectivity index (χ1v) is 5.78. The molecule has 0 aliphatic rings. The van der Waals surface area contributed by atoms with Crippen molar-refractivity contribution in [2.45, 2.75) is 13.5 Å². The molecule has 0 amide bonds. The van der Waals surface area contributed by atoms with E-state index >= 15 is 0 Å². The lowest BCUT2D eigenvalue weighted by Gasteiger charge is -2.01. The molecule has 3 rings (SSSR count). The highest BCUT2D eigenvalue weighted by molar-refractivity contribution is 5.66. The summed E-state index contributed by atoms with van der Waals surface area (Å²) in [6.07, 6.45) is 5.39. The van der Waals surface area contributed by atoms with Crippen LogP contribution in [0, 0.1) is 6.92 Å². The van der Waals surface area contributed by atoms with Crippen molar-refractivity contribution in [3.05, 3.63) is 54.1 Å². The molecule has 4 nitrogen and oxygen atoms in total. The van der Waals surface area contributed by atoms with Crippen molar-refractivity contribution in [2.24, 2.45) is 0 Å². The van der Waals surface area contributed by atoms with Crippen LogP contribution in [-0.2, 0) is 6.61 Å². The lowest BCUT2D eigenvalue weighted by molar-refractivity contribution is 0.276. The number of aromatic nitrogens is 3. The SMILES string of the molecule is Cc1ccn2c(CO)c(-c3ccncc3)nc2c1. The molecule has 0 aromatic carbocycles. The molecule has 0 unspecified atom stereocenters. The Bertz CT molecular complexity index is 689. The van der Waals surface area contributed by atoms with Crippen LogP contribution in [0.4, 0.5) is 0 Å². The number of hydrogen-bond donors (Lipinski definition) is 1. The molecule has 0 fully saturated rings. The minimum absolute atomic E-state index is 0.0398. The summed E-state index contributed by atoms with van der Waals surface area (Å²) in [4.78, 5) is 8.59. The third-order valence-electron chi connectivity index (χ3n) is 2.98. The van der Waals surface area contributed by atoms with E-state index in [4.69, 9.17) is 0 Å². The number of fused-ring (bicyclic) bond motifs is 1. The summed E-state index contributed by atoms with van der Waals surface area (Å²) in [5, 5.41) is 9.56. The minimum Gasteiger partial charge on any atom is -0.390 e. The fourth-order valence-electron chi connectivity index (χ4n) is 2.09. The average molecular weight is 239 g/mol. The third kappa shape index (κ3) is 1.67. The van der Waals surface area contributed by atoms with Crippen molar-refractivity contribution in [2.75, 3.05) is 0 Å². The normalized spacial score (nSPS) is 11.0. The number of aryl methyl sites for hydroxylation is 1. The quantitative estimate of drug-likeness (QED) is 0.745. The van der Waals surface area contributed by atoms with Gasteiger partial charge in [-0.1, -0.05) is 0 Å². The maximum absolute atomic E-state index is 9.56. The Hall–Kier alpha value is -2.20. The summed E-state index contributed by atoms with van der Waals surface area (Å²) in [5.74, 6) is 0. The molecule has 0 aliphatic heterocycles. The molecular formula is C14H13N3O. The van der Waals surface area contributed by atoms with Gasteiger partial charge in [0.2, 0.25) is 0 Å². The van der Waals surface area contributed by atoms with Crippen molar-refractivity contribution in [1.82, 2.24) is 14.4 Å². The van der Waals surface area contributed by atoms with Gasteiger partial charge in [-0.2, -0.15) is 0 Å². The van der Waals surface area contributed by atoms with Crippen LogP contribution >= 0.6 is 0 Å². The Kier molecular flexibility index (Phi) is 2.57. The predicted molar refractivity (Wildman–Crippen MR) is 69.1 cm³/mol. The van der Waals surface area contributed by atoms with E-state index in [2.05, 4.69) is 9.97 Å². The van der Waals surface area contributed by atoms with E-state index in [0.717, 1.165) is 28.2 Å². The average Bonchev–Trinajstić information content (AvgIpc) is 2.77. The molecular weight excluding hydrogens is 226 g/mol. The van der Waals surface area contributed by atoms with Gasteiger partial charge in [-0.25, -0.2) is 4.98 Å². The molecule has 0 atom stereocenters. The zero-order valence-corrected chi connectivity index (χ0v) is 10.0. The van der Waals surface area contributed by atoms with Crippen molar-refractivity contribution in [3.63, 3.8) is 0 Å². The highest BCUT2D eigenvalue weighted by atomic mass is 16.3. The molecule has 0 aliphatic carbocycles. The number of aliphatic hydroxyl groups excluding tert-OH is 1. The fourth-order valence-corrected chi connectivity index (χ4v) is 2.09. The van der Waals surface area contributed by atoms with E-state index in [0.29, 0.717) is 0 Å². The number of rotatable bonds is 2. The molecule has 90 valence electrons. The maximum Gasteiger partial charge on any atom is 0.138 e. The largest absolute Gasteiger partial charge is 0.390 e. The summed E-state index contributed by atoms with van der Waals surface area (Å²) in [6.45, 7) is 1.99. The summed E-state index contributed by atoms with van der Waals surface area (Å²) in [7, 11) is 0. The summed E-state index contributed by atoms with van der Waals surface area (Å²) < 4.78 is 1.92. The first kappa shape index (κ1) is 10.9. The zero-order chi connectivity index (χ0) is 12.5. The van der Waals surface area contributed by atoms with Gasteiger partial charge in [0.1, 0.15) is 5.65 Å². The van der Waals surface area contributed by atoms with Crippen molar-refractivity contribution in [3.8, 4) is 11.3 Å². The van der Waals surface area contributed by atoms with Crippen LogP contribution in [0.5, 0.6) is 0 Å². The number of aliphatic hydroxyl groups is 1. The van der Waals surface area contributed by atoms with Crippen LogP contribution in [-0.4, -0.2) is 19.5 Å². The molecule has 4 heteroatoms. The summed E-state index contributed by atoms with van der Waals surface area (Å²) in [6, 6.07) is 7.80. The third-order valence-corrected chi connectivity index (χ3v) is 2.98. The Morgan fingerprint density at radius 2 is 2.00 bits per heavy atom. The molecule has 0 bridgehead atoms. The van der Waals surface area contributed by atoms with E-state index in [1.54, 1.807) is 12.4 Å². The van der Waals surface area contributed by atoms with Crippen LogP contribution < -0.4 is 0 Å². The van der Waals surface area contributed by atoms with Gasteiger partial charge >= 0.3 is 0 Å². The lowest BCUT2D eigenvalue weighted by Crippen LogP contribution is -1.94. The van der Waals surface area contributed by atoms with Gasteiger partial charge in [0.05, 0.1) is 18.0 Å². The molecule has 0 spiro atoms. The fraction of sp³-hybridized carbons (Fsp3) is 0.143.